The Morgan fingerprint density at radius 2 is 2.06 bits per heavy atom. The number of hydrogen-bond donors (Lipinski definition) is 0. The highest BCUT2D eigenvalue weighted by Crippen LogP contribution is 2.53. The molecule has 0 bridgehead atoms. The largest absolute Gasteiger partial charge is 0.444 e. The van der Waals surface area contributed by atoms with Crippen molar-refractivity contribution in [3.05, 3.63) is 12.2 Å². The smallest absolute Gasteiger partial charge is 0.410 e. The molecule has 0 radical (unpaired) electrons. The van der Waals surface area contributed by atoms with Crippen LogP contribution >= 0.6 is 0 Å². The molecular weight excluding hydrogens is 226 g/mol. The van der Waals surface area contributed by atoms with E-state index in [1.54, 1.807) is 0 Å². The third-order valence-corrected chi connectivity index (χ3v) is 4.02. The van der Waals surface area contributed by atoms with Crippen LogP contribution in [0.5, 0.6) is 0 Å². The van der Waals surface area contributed by atoms with Crippen LogP contribution < -0.4 is 0 Å². The lowest BCUT2D eigenvalue weighted by atomic mass is 9.59. The minimum Gasteiger partial charge on any atom is -0.444 e. The van der Waals surface area contributed by atoms with E-state index in [-0.39, 0.29) is 12.1 Å². The fourth-order valence-corrected chi connectivity index (χ4v) is 3.34. The van der Waals surface area contributed by atoms with Gasteiger partial charge in [-0.2, -0.15) is 0 Å². The molecule has 1 amide bonds. The minimum atomic E-state index is -0.406. The Balaban J connectivity index is 1.93. The van der Waals surface area contributed by atoms with Crippen LogP contribution in [0.4, 0.5) is 4.79 Å². The topological polar surface area (TPSA) is 29.5 Å². The SMILES string of the molecule is C=C1CC2(CCN(C(=O)OC(C)(C)C)C(C)C2)C1. The van der Waals surface area contributed by atoms with Gasteiger partial charge >= 0.3 is 6.09 Å². The second-order valence-electron chi connectivity index (χ2n) is 7.08. The van der Waals surface area contributed by atoms with E-state index in [0.29, 0.717) is 5.41 Å². The summed E-state index contributed by atoms with van der Waals surface area (Å²) >= 11 is 0. The summed E-state index contributed by atoms with van der Waals surface area (Å²) in [6, 6.07) is 0.279. The van der Waals surface area contributed by atoms with E-state index in [9.17, 15) is 4.79 Å². The van der Waals surface area contributed by atoms with E-state index in [2.05, 4.69) is 13.5 Å². The van der Waals surface area contributed by atoms with Crippen molar-refractivity contribution in [3.63, 3.8) is 0 Å². The first-order valence-electron chi connectivity index (χ1n) is 6.87. The Morgan fingerprint density at radius 3 is 2.50 bits per heavy atom. The van der Waals surface area contributed by atoms with Gasteiger partial charge < -0.3 is 9.64 Å². The highest BCUT2D eigenvalue weighted by molar-refractivity contribution is 5.68. The molecular formula is C15H25NO2. The van der Waals surface area contributed by atoms with Crippen molar-refractivity contribution in [2.24, 2.45) is 5.41 Å². The lowest BCUT2D eigenvalue weighted by Crippen LogP contribution is -2.52. The van der Waals surface area contributed by atoms with Crippen molar-refractivity contribution in [3.8, 4) is 0 Å². The van der Waals surface area contributed by atoms with Crippen LogP contribution in [0.15, 0.2) is 12.2 Å². The molecule has 3 heteroatoms. The fourth-order valence-electron chi connectivity index (χ4n) is 3.34. The zero-order valence-electron chi connectivity index (χ0n) is 12.1. The zero-order chi connectivity index (χ0) is 13.6. The van der Waals surface area contributed by atoms with Crippen LogP contribution in [0.3, 0.4) is 0 Å². The molecule has 2 aliphatic rings. The van der Waals surface area contributed by atoms with E-state index in [0.717, 1.165) is 32.2 Å². The summed E-state index contributed by atoms with van der Waals surface area (Å²) in [5, 5.41) is 0. The number of nitrogens with zero attached hydrogens (tertiary/aromatic N) is 1. The number of allylic oxidation sites excluding steroid dienone is 1. The van der Waals surface area contributed by atoms with E-state index in [4.69, 9.17) is 4.74 Å². The normalized spacial score (nSPS) is 27.0. The van der Waals surface area contributed by atoms with Gasteiger partial charge in [0.25, 0.3) is 0 Å². The lowest BCUT2D eigenvalue weighted by molar-refractivity contribution is -0.0130. The number of carbonyl (C=O) groups is 1. The summed E-state index contributed by atoms with van der Waals surface area (Å²) in [7, 11) is 0. The molecule has 0 aromatic rings. The number of piperidine rings is 1. The van der Waals surface area contributed by atoms with Gasteiger partial charge in [0.05, 0.1) is 0 Å². The maximum Gasteiger partial charge on any atom is 0.410 e. The molecule has 1 atom stereocenters. The average Bonchev–Trinajstić information content (AvgIpc) is 2.12. The lowest BCUT2D eigenvalue weighted by Gasteiger charge is -2.51. The summed E-state index contributed by atoms with van der Waals surface area (Å²) in [6.07, 6.45) is 4.32. The molecule has 1 aliphatic carbocycles. The quantitative estimate of drug-likeness (QED) is 0.614. The van der Waals surface area contributed by atoms with Gasteiger partial charge in [0.2, 0.25) is 0 Å². The van der Waals surface area contributed by atoms with Gasteiger partial charge in [-0.15, -0.1) is 0 Å². The Hall–Kier alpha value is -0.990. The van der Waals surface area contributed by atoms with Crippen molar-refractivity contribution in [2.75, 3.05) is 6.54 Å². The highest BCUT2D eigenvalue weighted by Gasteiger charge is 2.45. The van der Waals surface area contributed by atoms with Crippen molar-refractivity contribution >= 4 is 6.09 Å². The van der Waals surface area contributed by atoms with Gasteiger partial charge in [0.15, 0.2) is 0 Å². The maximum absolute atomic E-state index is 12.1. The van der Waals surface area contributed by atoms with Gasteiger partial charge in [0, 0.05) is 12.6 Å². The molecule has 1 aliphatic heterocycles. The second kappa shape index (κ2) is 4.29. The number of amides is 1. The van der Waals surface area contributed by atoms with Crippen LogP contribution in [0.25, 0.3) is 0 Å². The average molecular weight is 251 g/mol. The van der Waals surface area contributed by atoms with Crippen LogP contribution in [-0.2, 0) is 4.74 Å². The summed E-state index contributed by atoms with van der Waals surface area (Å²) in [6.45, 7) is 12.7. The first-order valence-corrected chi connectivity index (χ1v) is 6.87. The van der Waals surface area contributed by atoms with Crippen LogP contribution in [0.2, 0.25) is 0 Å². The Labute approximate surface area is 110 Å². The van der Waals surface area contributed by atoms with Crippen LogP contribution in [0.1, 0.15) is 53.4 Å². The molecule has 1 saturated heterocycles. The monoisotopic (exact) mass is 251 g/mol. The third-order valence-electron chi connectivity index (χ3n) is 4.02. The molecule has 0 N–H and O–H groups in total. The summed E-state index contributed by atoms with van der Waals surface area (Å²) in [5.41, 5.74) is 1.40. The van der Waals surface area contributed by atoms with Crippen molar-refractivity contribution in [1.82, 2.24) is 4.90 Å². The number of likely N-dealkylation sites (tertiary alicyclic amines) is 1. The molecule has 3 nitrogen and oxygen atoms in total. The van der Waals surface area contributed by atoms with Crippen molar-refractivity contribution in [1.29, 1.82) is 0 Å². The van der Waals surface area contributed by atoms with Gasteiger partial charge in [0.1, 0.15) is 5.60 Å². The van der Waals surface area contributed by atoms with E-state index in [1.807, 2.05) is 25.7 Å². The predicted molar refractivity (Wildman–Crippen MR) is 72.4 cm³/mol. The van der Waals surface area contributed by atoms with E-state index < -0.39 is 5.60 Å². The first-order chi connectivity index (χ1) is 8.21. The number of rotatable bonds is 0. The van der Waals surface area contributed by atoms with Crippen LogP contribution in [0, 0.1) is 5.41 Å². The Kier molecular flexibility index (Phi) is 3.20. The van der Waals surface area contributed by atoms with Crippen LogP contribution in [-0.4, -0.2) is 29.2 Å². The van der Waals surface area contributed by atoms with Gasteiger partial charge in [-0.3, -0.25) is 0 Å². The molecule has 2 rings (SSSR count). The summed E-state index contributed by atoms with van der Waals surface area (Å²) < 4.78 is 5.46. The van der Waals surface area contributed by atoms with E-state index in [1.165, 1.54) is 5.57 Å². The molecule has 2 fully saturated rings. The maximum atomic E-state index is 12.1. The summed E-state index contributed by atoms with van der Waals surface area (Å²) in [4.78, 5) is 14.0. The standard InChI is InChI=1S/C15H25NO2/c1-11-8-15(9-11)6-7-16(12(2)10-15)13(17)18-14(3,4)5/h12H,1,6-10H2,2-5H3. The highest BCUT2D eigenvalue weighted by atomic mass is 16.6. The molecule has 1 heterocycles. The molecule has 102 valence electrons. The Bertz CT molecular complexity index is 359. The molecule has 1 spiro atoms. The van der Waals surface area contributed by atoms with Gasteiger partial charge in [-0.1, -0.05) is 12.2 Å². The summed E-state index contributed by atoms with van der Waals surface area (Å²) in [5.74, 6) is 0. The second-order valence-corrected chi connectivity index (χ2v) is 7.08. The molecule has 1 unspecified atom stereocenters. The molecule has 0 aromatic carbocycles. The number of carbonyl (C=O) groups excluding carboxylic acids is 1. The predicted octanol–water partition coefficient (Wildman–Crippen LogP) is 3.74. The first kappa shape index (κ1) is 13.4. The van der Waals surface area contributed by atoms with Gasteiger partial charge in [-0.25, -0.2) is 4.79 Å². The minimum absolute atomic E-state index is 0.164. The zero-order valence-corrected chi connectivity index (χ0v) is 12.1. The molecule has 18 heavy (non-hydrogen) atoms. The number of hydrogen-bond acceptors (Lipinski definition) is 2. The fraction of sp³-hybridized carbons (Fsp3) is 0.800. The van der Waals surface area contributed by atoms with Crippen molar-refractivity contribution in [2.45, 2.75) is 65.0 Å². The number of ether oxygens (including phenoxy) is 1. The van der Waals surface area contributed by atoms with E-state index >= 15 is 0 Å². The third kappa shape index (κ3) is 2.70. The van der Waals surface area contributed by atoms with Gasteiger partial charge in [-0.05, 0) is 58.8 Å². The van der Waals surface area contributed by atoms with Crippen molar-refractivity contribution < 1.29 is 9.53 Å². The Morgan fingerprint density at radius 1 is 1.44 bits per heavy atom. The molecule has 1 saturated carbocycles. The molecule has 0 aromatic heterocycles.